The molecule has 3 nitrogen and oxygen atoms in total. The van der Waals surface area contributed by atoms with Crippen molar-refractivity contribution < 1.29 is 4.79 Å². The monoisotopic (exact) mass is 400 g/mol. The molecule has 3 aromatic carbocycles. The van der Waals surface area contributed by atoms with Crippen molar-refractivity contribution in [3.8, 4) is 0 Å². The van der Waals surface area contributed by atoms with Crippen LogP contribution >= 0.6 is 11.6 Å². The number of H-pyrrole nitrogens is 1. The van der Waals surface area contributed by atoms with Crippen LogP contribution in [0.2, 0.25) is 5.02 Å². The molecule has 1 aliphatic heterocycles. The van der Waals surface area contributed by atoms with Gasteiger partial charge in [0, 0.05) is 33.7 Å². The Morgan fingerprint density at radius 3 is 2.52 bits per heavy atom. The van der Waals surface area contributed by atoms with Crippen LogP contribution in [0.3, 0.4) is 0 Å². The number of benzene rings is 3. The molecule has 1 amide bonds. The topological polar surface area (TPSA) is 36.1 Å². The number of hydrogen-bond acceptors (Lipinski definition) is 1. The van der Waals surface area contributed by atoms with E-state index in [1.807, 2.05) is 66.4 Å². The molecule has 4 aromatic rings. The molecule has 5 rings (SSSR count). The average molecular weight is 401 g/mol. The third kappa shape index (κ3) is 3.02. The number of rotatable bonds is 2. The fourth-order valence-electron chi connectivity index (χ4n) is 4.42. The number of halogens is 1. The van der Waals surface area contributed by atoms with E-state index in [1.165, 1.54) is 10.9 Å². The van der Waals surface area contributed by atoms with Crippen molar-refractivity contribution in [3.63, 3.8) is 0 Å². The summed E-state index contributed by atoms with van der Waals surface area (Å²) in [7, 11) is 0. The number of fused-ring (bicyclic) bond motifs is 3. The summed E-state index contributed by atoms with van der Waals surface area (Å²) in [4.78, 5) is 19.2. The van der Waals surface area contributed by atoms with E-state index in [0.29, 0.717) is 11.6 Å². The summed E-state index contributed by atoms with van der Waals surface area (Å²) in [6, 6.07) is 23.8. The van der Waals surface area contributed by atoms with E-state index in [-0.39, 0.29) is 11.9 Å². The quantitative estimate of drug-likeness (QED) is 0.445. The third-order valence-corrected chi connectivity index (χ3v) is 6.11. The van der Waals surface area contributed by atoms with Crippen LogP contribution in [0.1, 0.15) is 38.8 Å². The Labute approximate surface area is 174 Å². The number of amides is 1. The number of aryl methyl sites for hydroxylation is 1. The fourth-order valence-corrected chi connectivity index (χ4v) is 4.54. The Morgan fingerprint density at radius 1 is 1.00 bits per heavy atom. The lowest BCUT2D eigenvalue weighted by molar-refractivity contribution is 0.0691. The predicted molar refractivity (Wildman–Crippen MR) is 118 cm³/mol. The van der Waals surface area contributed by atoms with Crippen LogP contribution in [0.15, 0.2) is 72.8 Å². The van der Waals surface area contributed by atoms with Crippen LogP contribution in [0.5, 0.6) is 0 Å². The summed E-state index contributed by atoms with van der Waals surface area (Å²) in [6.45, 7) is 2.66. The van der Waals surface area contributed by atoms with Crippen LogP contribution < -0.4 is 0 Å². The van der Waals surface area contributed by atoms with Crippen LogP contribution in [0, 0.1) is 6.92 Å². The Hall–Kier alpha value is -3.04. The molecular weight excluding hydrogens is 380 g/mol. The van der Waals surface area contributed by atoms with Gasteiger partial charge >= 0.3 is 0 Å². The van der Waals surface area contributed by atoms with Gasteiger partial charge in [-0.25, -0.2) is 0 Å². The number of carbonyl (C=O) groups is 1. The van der Waals surface area contributed by atoms with E-state index in [1.54, 1.807) is 0 Å². The van der Waals surface area contributed by atoms with Gasteiger partial charge in [-0.3, -0.25) is 4.79 Å². The lowest BCUT2D eigenvalue weighted by Gasteiger charge is -2.36. The number of nitrogens with zero attached hydrogens (tertiary/aromatic N) is 1. The number of aromatic amines is 1. The molecule has 1 aromatic heterocycles. The maximum absolute atomic E-state index is 13.6. The number of aromatic nitrogens is 1. The van der Waals surface area contributed by atoms with Crippen molar-refractivity contribution in [1.29, 1.82) is 0 Å². The highest BCUT2D eigenvalue weighted by Crippen LogP contribution is 2.39. The summed E-state index contributed by atoms with van der Waals surface area (Å²) in [5, 5.41) is 1.93. The van der Waals surface area contributed by atoms with Crippen LogP contribution in [0.4, 0.5) is 0 Å². The molecule has 4 heteroatoms. The predicted octanol–water partition coefficient (Wildman–Crippen LogP) is 5.92. The third-order valence-electron chi connectivity index (χ3n) is 5.86. The van der Waals surface area contributed by atoms with E-state index >= 15 is 0 Å². The van der Waals surface area contributed by atoms with Crippen LogP contribution in [0.25, 0.3) is 10.9 Å². The Balaban J connectivity index is 1.68. The minimum absolute atomic E-state index is 0.0624. The van der Waals surface area contributed by atoms with Crippen LogP contribution in [-0.2, 0) is 6.42 Å². The SMILES string of the molecule is Cc1ccccc1C(=O)N1CCc2c([nH]c3ccccc23)C1c1ccc(Cl)cc1. The molecule has 1 atom stereocenters. The molecule has 1 N–H and O–H groups in total. The number of carbonyl (C=O) groups excluding carboxylic acids is 1. The zero-order valence-corrected chi connectivity index (χ0v) is 16.9. The van der Waals surface area contributed by atoms with E-state index in [9.17, 15) is 4.79 Å². The first-order valence-corrected chi connectivity index (χ1v) is 10.2. The molecule has 0 saturated heterocycles. The second-order valence-corrected chi connectivity index (χ2v) is 8.02. The van der Waals surface area contributed by atoms with Gasteiger partial charge in [-0.2, -0.15) is 0 Å². The number of para-hydroxylation sites is 1. The van der Waals surface area contributed by atoms with Crippen molar-refractivity contribution in [1.82, 2.24) is 9.88 Å². The molecule has 0 bridgehead atoms. The highest BCUT2D eigenvalue weighted by atomic mass is 35.5. The maximum atomic E-state index is 13.6. The van der Waals surface area contributed by atoms with Gasteiger partial charge in [-0.05, 0) is 54.3 Å². The highest BCUT2D eigenvalue weighted by molar-refractivity contribution is 6.30. The van der Waals surface area contributed by atoms with Crippen LogP contribution in [-0.4, -0.2) is 22.3 Å². The van der Waals surface area contributed by atoms with Gasteiger partial charge in [0.15, 0.2) is 0 Å². The zero-order valence-electron chi connectivity index (χ0n) is 16.2. The molecule has 144 valence electrons. The van der Waals surface area contributed by atoms with Crippen molar-refractivity contribution in [2.24, 2.45) is 0 Å². The van der Waals surface area contributed by atoms with Gasteiger partial charge in [0.2, 0.25) is 0 Å². The van der Waals surface area contributed by atoms with Gasteiger partial charge in [0.25, 0.3) is 5.91 Å². The summed E-state index contributed by atoms with van der Waals surface area (Å²) in [6.07, 6.45) is 0.834. The van der Waals surface area contributed by atoms with Gasteiger partial charge in [0.1, 0.15) is 0 Å². The van der Waals surface area contributed by atoms with Gasteiger partial charge in [-0.1, -0.05) is 60.1 Å². The van der Waals surface area contributed by atoms with Crippen molar-refractivity contribution >= 4 is 28.4 Å². The largest absolute Gasteiger partial charge is 0.356 e. The van der Waals surface area contributed by atoms with E-state index in [0.717, 1.165) is 34.3 Å². The van der Waals surface area contributed by atoms with Gasteiger partial charge in [0.05, 0.1) is 6.04 Å². The molecule has 2 heterocycles. The minimum atomic E-state index is -0.171. The molecule has 0 spiro atoms. The van der Waals surface area contributed by atoms with Gasteiger partial charge < -0.3 is 9.88 Å². The van der Waals surface area contributed by atoms with Crippen molar-refractivity contribution in [2.75, 3.05) is 6.54 Å². The second kappa shape index (κ2) is 7.09. The Kier molecular flexibility index (Phi) is 4.40. The smallest absolute Gasteiger partial charge is 0.254 e. The molecule has 0 saturated carbocycles. The van der Waals surface area contributed by atoms with Crippen molar-refractivity contribution in [2.45, 2.75) is 19.4 Å². The van der Waals surface area contributed by atoms with Gasteiger partial charge in [-0.15, -0.1) is 0 Å². The average Bonchev–Trinajstić information content (AvgIpc) is 3.12. The molecule has 0 radical (unpaired) electrons. The first kappa shape index (κ1) is 18.0. The lowest BCUT2D eigenvalue weighted by Crippen LogP contribution is -2.40. The fraction of sp³-hybridized carbons (Fsp3) is 0.160. The zero-order chi connectivity index (χ0) is 20.0. The first-order chi connectivity index (χ1) is 14.1. The van der Waals surface area contributed by atoms with Crippen molar-refractivity contribution in [3.05, 3.63) is 106 Å². The molecule has 0 fully saturated rings. The molecule has 29 heavy (non-hydrogen) atoms. The minimum Gasteiger partial charge on any atom is -0.356 e. The normalized spacial score (nSPS) is 16.1. The Bertz CT molecular complexity index is 1210. The molecular formula is C25H21ClN2O. The summed E-state index contributed by atoms with van der Waals surface area (Å²) in [5.74, 6) is 0.0624. The number of nitrogens with one attached hydrogen (secondary N) is 1. The lowest BCUT2D eigenvalue weighted by atomic mass is 9.91. The maximum Gasteiger partial charge on any atom is 0.254 e. The van der Waals surface area contributed by atoms with E-state index < -0.39 is 0 Å². The summed E-state index contributed by atoms with van der Waals surface area (Å²) >= 11 is 6.14. The summed E-state index contributed by atoms with van der Waals surface area (Å²) in [5.41, 5.74) is 6.32. The second-order valence-electron chi connectivity index (χ2n) is 7.58. The number of hydrogen-bond donors (Lipinski definition) is 1. The highest BCUT2D eigenvalue weighted by Gasteiger charge is 2.35. The van der Waals surface area contributed by atoms with E-state index in [2.05, 4.69) is 23.2 Å². The Morgan fingerprint density at radius 2 is 1.72 bits per heavy atom. The molecule has 1 unspecified atom stereocenters. The molecule has 1 aliphatic rings. The molecule has 0 aliphatic carbocycles. The van der Waals surface area contributed by atoms with E-state index in [4.69, 9.17) is 11.6 Å². The first-order valence-electron chi connectivity index (χ1n) is 9.85. The summed E-state index contributed by atoms with van der Waals surface area (Å²) < 4.78 is 0. The standard InChI is InChI=1S/C25H21ClN2O/c1-16-6-2-3-7-19(16)25(29)28-15-14-21-20-8-4-5-9-22(20)27-23(21)24(28)17-10-12-18(26)13-11-17/h2-13,24,27H,14-15H2,1H3.